The van der Waals surface area contributed by atoms with E-state index in [1.165, 1.54) is 103 Å². The van der Waals surface area contributed by atoms with E-state index in [-0.39, 0.29) is 25.4 Å². The number of ether oxygens (including phenoxy) is 2. The molecule has 0 heterocycles. The van der Waals surface area contributed by atoms with Crippen molar-refractivity contribution in [3.8, 4) is 0 Å². The Morgan fingerprint density at radius 2 is 0.750 bits per heavy atom. The van der Waals surface area contributed by atoms with Crippen molar-refractivity contribution in [3.63, 3.8) is 0 Å². The van der Waals surface area contributed by atoms with Gasteiger partial charge in [-0.2, -0.15) is 0 Å². The van der Waals surface area contributed by atoms with E-state index >= 15 is 0 Å². The molecule has 216 valence electrons. The third-order valence-corrected chi connectivity index (χ3v) is 7.19. The van der Waals surface area contributed by atoms with Gasteiger partial charge >= 0.3 is 6.16 Å². The fraction of sp³-hybridized carbons (Fsp3) is 0.968. The molecule has 5 heteroatoms. The van der Waals surface area contributed by atoms with Gasteiger partial charge in [0.25, 0.3) is 0 Å². The van der Waals surface area contributed by atoms with Crippen molar-refractivity contribution in [1.82, 2.24) is 0 Å². The molecule has 0 aliphatic carbocycles. The largest absolute Gasteiger partial charge is 0.508 e. The summed E-state index contributed by atoms with van der Waals surface area (Å²) in [7, 11) is 0. The Bertz CT molecular complexity index is 405. The van der Waals surface area contributed by atoms with Gasteiger partial charge in [0, 0.05) is 26.1 Å². The molecule has 0 spiro atoms. The maximum atomic E-state index is 12.4. The van der Waals surface area contributed by atoms with Crippen LogP contribution < -0.4 is 0 Å². The highest BCUT2D eigenvalue weighted by molar-refractivity contribution is 5.60. The summed E-state index contributed by atoms with van der Waals surface area (Å²) >= 11 is 0. The predicted octanol–water partition coefficient (Wildman–Crippen LogP) is 9.26. The molecule has 0 aliphatic heterocycles. The molecule has 0 aromatic rings. The summed E-state index contributed by atoms with van der Waals surface area (Å²) < 4.78 is 11.1. The van der Waals surface area contributed by atoms with E-state index < -0.39 is 6.16 Å². The maximum absolute atomic E-state index is 12.4. The average molecular weight is 515 g/mol. The normalized spacial score (nSPS) is 13.0. The highest BCUT2D eigenvalue weighted by Gasteiger charge is 2.19. The van der Waals surface area contributed by atoms with Crippen LogP contribution in [0.1, 0.15) is 168 Å². The molecule has 0 saturated heterocycles. The van der Waals surface area contributed by atoms with E-state index in [0.717, 1.165) is 38.5 Å². The third kappa shape index (κ3) is 24.9. The van der Waals surface area contributed by atoms with Gasteiger partial charge in [-0.3, -0.25) is 0 Å². The minimum Gasteiger partial charge on any atom is -0.431 e. The van der Waals surface area contributed by atoms with Crippen LogP contribution in [0.5, 0.6) is 0 Å². The molecule has 0 rings (SSSR count). The van der Waals surface area contributed by atoms with Gasteiger partial charge in [-0.05, 0) is 25.7 Å². The summed E-state index contributed by atoms with van der Waals surface area (Å²) in [6, 6.07) is 0. The smallest absolute Gasteiger partial charge is 0.431 e. The van der Waals surface area contributed by atoms with Crippen LogP contribution in [0, 0.1) is 0 Å². The molecule has 2 atom stereocenters. The lowest BCUT2D eigenvalue weighted by atomic mass is 10.0. The number of aliphatic hydroxyl groups is 2. The second kappa shape index (κ2) is 28.8. The topological polar surface area (TPSA) is 76.0 Å². The molecule has 0 fully saturated rings. The van der Waals surface area contributed by atoms with Gasteiger partial charge in [-0.15, -0.1) is 0 Å². The number of unbranched alkanes of at least 4 members (excludes halogenated alkanes) is 18. The van der Waals surface area contributed by atoms with Crippen molar-refractivity contribution in [2.24, 2.45) is 0 Å². The van der Waals surface area contributed by atoms with E-state index in [1.54, 1.807) is 0 Å². The number of hydrogen-bond acceptors (Lipinski definition) is 5. The van der Waals surface area contributed by atoms with Crippen molar-refractivity contribution < 1.29 is 24.5 Å². The SMILES string of the molecule is CCCCCCCCCCCCC(CCO)OC(=O)OC(CCO)CCCCCCCCCCCC. The molecular formula is C31H62O5. The third-order valence-electron chi connectivity index (χ3n) is 7.19. The first-order chi connectivity index (χ1) is 17.7. The summed E-state index contributed by atoms with van der Waals surface area (Å²) in [6.45, 7) is 4.52. The van der Waals surface area contributed by atoms with E-state index in [0.29, 0.717) is 12.8 Å². The second-order valence-electron chi connectivity index (χ2n) is 10.7. The van der Waals surface area contributed by atoms with Gasteiger partial charge in [0.15, 0.2) is 0 Å². The van der Waals surface area contributed by atoms with Crippen LogP contribution in [0.3, 0.4) is 0 Å². The van der Waals surface area contributed by atoms with Crippen LogP contribution in [0.2, 0.25) is 0 Å². The first kappa shape index (κ1) is 35.2. The molecule has 2 N–H and O–H groups in total. The Labute approximate surface area is 224 Å². The first-order valence-electron chi connectivity index (χ1n) is 15.8. The highest BCUT2D eigenvalue weighted by atomic mass is 16.7. The highest BCUT2D eigenvalue weighted by Crippen LogP contribution is 2.18. The van der Waals surface area contributed by atoms with Crippen LogP contribution >= 0.6 is 0 Å². The minimum atomic E-state index is -0.647. The van der Waals surface area contributed by atoms with Crippen LogP contribution in [0.4, 0.5) is 4.79 Å². The van der Waals surface area contributed by atoms with Crippen molar-refractivity contribution in [2.75, 3.05) is 13.2 Å². The summed E-state index contributed by atoms with van der Waals surface area (Å²) in [5.41, 5.74) is 0. The molecule has 0 aromatic heterocycles. The Morgan fingerprint density at radius 3 is 1.03 bits per heavy atom. The predicted molar refractivity (Wildman–Crippen MR) is 151 cm³/mol. The number of hydrogen-bond donors (Lipinski definition) is 2. The lowest BCUT2D eigenvalue weighted by molar-refractivity contribution is -0.0175. The van der Waals surface area contributed by atoms with Crippen LogP contribution in [0.15, 0.2) is 0 Å². The monoisotopic (exact) mass is 514 g/mol. The summed E-state index contributed by atoms with van der Waals surface area (Å²) in [6.07, 6.45) is 26.6. The zero-order valence-electron chi connectivity index (χ0n) is 24.2. The Morgan fingerprint density at radius 1 is 0.472 bits per heavy atom. The van der Waals surface area contributed by atoms with E-state index in [4.69, 9.17) is 9.47 Å². The van der Waals surface area contributed by atoms with E-state index in [1.807, 2.05) is 0 Å². The summed E-state index contributed by atoms with van der Waals surface area (Å²) in [5.74, 6) is 0. The number of carbonyl (C=O) groups excluding carboxylic acids is 1. The molecule has 5 nitrogen and oxygen atoms in total. The lowest BCUT2D eigenvalue weighted by Crippen LogP contribution is -2.25. The zero-order valence-corrected chi connectivity index (χ0v) is 24.2. The van der Waals surface area contributed by atoms with Crippen LogP contribution in [-0.2, 0) is 9.47 Å². The van der Waals surface area contributed by atoms with Gasteiger partial charge in [0.1, 0.15) is 12.2 Å². The molecule has 0 amide bonds. The van der Waals surface area contributed by atoms with Gasteiger partial charge in [0.05, 0.1) is 0 Å². The van der Waals surface area contributed by atoms with Crippen molar-refractivity contribution in [3.05, 3.63) is 0 Å². The summed E-state index contributed by atoms with van der Waals surface area (Å²) in [5, 5.41) is 18.7. The van der Waals surface area contributed by atoms with Gasteiger partial charge in [-0.1, -0.05) is 129 Å². The maximum Gasteiger partial charge on any atom is 0.508 e. The molecule has 2 unspecified atom stereocenters. The molecular weight excluding hydrogens is 452 g/mol. The molecule has 0 aliphatic rings. The van der Waals surface area contributed by atoms with Gasteiger partial charge in [0.2, 0.25) is 0 Å². The standard InChI is InChI=1S/C31H62O5/c1-3-5-7-9-11-13-15-17-19-21-23-29(25-27-32)35-31(34)36-30(26-28-33)24-22-20-18-16-14-12-10-8-6-4-2/h29-30,32-33H,3-28H2,1-2H3. The van der Waals surface area contributed by atoms with E-state index in [2.05, 4.69) is 13.8 Å². The van der Waals surface area contributed by atoms with Crippen molar-refractivity contribution >= 4 is 6.16 Å². The van der Waals surface area contributed by atoms with Crippen LogP contribution in [0.25, 0.3) is 0 Å². The van der Waals surface area contributed by atoms with Gasteiger partial charge in [-0.25, -0.2) is 4.79 Å². The first-order valence-corrected chi connectivity index (χ1v) is 15.8. The molecule has 0 radical (unpaired) electrons. The minimum absolute atomic E-state index is 0.00831. The quantitative estimate of drug-likeness (QED) is 0.0803. The Kier molecular flexibility index (Phi) is 28.1. The molecule has 0 saturated carbocycles. The van der Waals surface area contributed by atoms with Gasteiger partial charge < -0.3 is 19.7 Å². The Balaban J connectivity index is 3.97. The zero-order chi connectivity index (χ0) is 26.5. The molecule has 0 bridgehead atoms. The average Bonchev–Trinajstić information content (AvgIpc) is 2.86. The van der Waals surface area contributed by atoms with Crippen molar-refractivity contribution in [1.29, 1.82) is 0 Å². The lowest BCUT2D eigenvalue weighted by Gasteiger charge is -2.20. The second-order valence-corrected chi connectivity index (χ2v) is 10.7. The molecule has 36 heavy (non-hydrogen) atoms. The number of carbonyl (C=O) groups is 1. The Hall–Kier alpha value is -0.810. The van der Waals surface area contributed by atoms with E-state index in [9.17, 15) is 15.0 Å². The van der Waals surface area contributed by atoms with Crippen LogP contribution in [-0.4, -0.2) is 41.8 Å². The summed E-state index contributed by atoms with van der Waals surface area (Å²) in [4.78, 5) is 12.4. The fourth-order valence-electron chi connectivity index (χ4n) is 4.83. The van der Waals surface area contributed by atoms with Crippen molar-refractivity contribution in [2.45, 2.75) is 180 Å². The number of rotatable bonds is 28. The number of aliphatic hydroxyl groups excluding tert-OH is 2. The molecule has 0 aromatic carbocycles. The fourth-order valence-corrected chi connectivity index (χ4v) is 4.83.